The molecule has 1 atom stereocenters. The van der Waals surface area contributed by atoms with E-state index in [9.17, 15) is 9.90 Å². The summed E-state index contributed by atoms with van der Waals surface area (Å²) in [4.78, 5) is 14.0. The lowest BCUT2D eigenvalue weighted by atomic mass is 10.0. The van der Waals surface area contributed by atoms with Gasteiger partial charge in [0.05, 0.1) is 12.8 Å². The van der Waals surface area contributed by atoms with Crippen LogP contribution in [0.4, 0.5) is 5.69 Å². The van der Waals surface area contributed by atoms with Gasteiger partial charge in [-0.25, -0.2) is 0 Å². The highest BCUT2D eigenvalue weighted by molar-refractivity contribution is 6.00. The Hall–Kier alpha value is -2.69. The zero-order valence-electron chi connectivity index (χ0n) is 12.4. The van der Waals surface area contributed by atoms with E-state index in [0.717, 1.165) is 11.3 Å². The third-order valence-electron chi connectivity index (χ3n) is 3.78. The summed E-state index contributed by atoms with van der Waals surface area (Å²) in [6.45, 7) is 0. The minimum Gasteiger partial charge on any atom is -0.508 e. The molecule has 0 aromatic heterocycles. The van der Waals surface area contributed by atoms with E-state index in [0.29, 0.717) is 17.9 Å². The average molecular weight is 299 g/mol. The lowest BCUT2D eigenvalue weighted by Gasteiger charge is -2.32. The molecule has 1 aliphatic rings. The fourth-order valence-corrected chi connectivity index (χ4v) is 2.61. The molecule has 3 rings (SSSR count). The summed E-state index contributed by atoms with van der Waals surface area (Å²) >= 11 is 0. The zero-order chi connectivity index (χ0) is 15.7. The summed E-state index contributed by atoms with van der Waals surface area (Å²) < 4.78 is 11.1. The number of benzene rings is 2. The number of rotatable bonds is 3. The van der Waals surface area contributed by atoms with Crippen molar-refractivity contribution in [3.05, 3.63) is 48.0 Å². The van der Waals surface area contributed by atoms with Crippen LogP contribution in [0.3, 0.4) is 0 Å². The van der Waals surface area contributed by atoms with Gasteiger partial charge in [-0.05, 0) is 23.8 Å². The van der Waals surface area contributed by atoms with Crippen molar-refractivity contribution in [1.82, 2.24) is 0 Å². The molecule has 5 heteroatoms. The topological polar surface area (TPSA) is 59.0 Å². The SMILES string of the molecule is COc1ccccc1CC1Oc2ccc(O)cc2N(C)C1=O. The van der Waals surface area contributed by atoms with Gasteiger partial charge in [0.1, 0.15) is 17.2 Å². The molecule has 1 heterocycles. The van der Waals surface area contributed by atoms with E-state index in [1.807, 2.05) is 24.3 Å². The first-order valence-electron chi connectivity index (χ1n) is 6.99. The Balaban J connectivity index is 1.90. The normalized spacial score (nSPS) is 16.9. The number of amides is 1. The van der Waals surface area contributed by atoms with Crippen LogP contribution in [0.2, 0.25) is 0 Å². The first-order valence-corrected chi connectivity index (χ1v) is 6.99. The van der Waals surface area contributed by atoms with Gasteiger partial charge < -0.3 is 19.5 Å². The maximum absolute atomic E-state index is 12.5. The molecule has 5 nitrogen and oxygen atoms in total. The van der Waals surface area contributed by atoms with Gasteiger partial charge in [-0.3, -0.25) is 4.79 Å². The van der Waals surface area contributed by atoms with Crippen molar-refractivity contribution in [3.63, 3.8) is 0 Å². The van der Waals surface area contributed by atoms with Crippen LogP contribution in [0.1, 0.15) is 5.56 Å². The average Bonchev–Trinajstić information content (AvgIpc) is 2.53. The van der Waals surface area contributed by atoms with E-state index in [4.69, 9.17) is 9.47 Å². The Labute approximate surface area is 128 Å². The van der Waals surface area contributed by atoms with E-state index in [2.05, 4.69) is 0 Å². The van der Waals surface area contributed by atoms with Gasteiger partial charge in [-0.2, -0.15) is 0 Å². The molecule has 1 N–H and O–H groups in total. The Kier molecular flexibility index (Phi) is 3.63. The lowest BCUT2D eigenvalue weighted by molar-refractivity contribution is -0.125. The number of aromatic hydroxyl groups is 1. The molecular weight excluding hydrogens is 282 g/mol. The molecule has 2 aromatic carbocycles. The largest absolute Gasteiger partial charge is 0.508 e. The number of hydrogen-bond acceptors (Lipinski definition) is 4. The summed E-state index contributed by atoms with van der Waals surface area (Å²) in [6.07, 6.45) is -0.189. The van der Waals surface area contributed by atoms with Crippen LogP contribution >= 0.6 is 0 Å². The fraction of sp³-hybridized carbons (Fsp3) is 0.235. The minimum absolute atomic E-state index is 0.102. The number of nitrogens with zero attached hydrogens (tertiary/aromatic N) is 1. The number of para-hydroxylation sites is 1. The smallest absolute Gasteiger partial charge is 0.268 e. The van der Waals surface area contributed by atoms with Crippen molar-refractivity contribution in [3.8, 4) is 17.2 Å². The summed E-state index contributed by atoms with van der Waals surface area (Å²) in [5.41, 5.74) is 1.49. The lowest BCUT2D eigenvalue weighted by Crippen LogP contribution is -2.44. The van der Waals surface area contributed by atoms with Crippen molar-refractivity contribution in [2.75, 3.05) is 19.1 Å². The number of phenolic OH excluding ortho intramolecular Hbond substituents is 1. The maximum atomic E-state index is 12.5. The number of hydrogen-bond donors (Lipinski definition) is 1. The summed E-state index contributed by atoms with van der Waals surface area (Å²) in [6, 6.07) is 12.3. The van der Waals surface area contributed by atoms with E-state index >= 15 is 0 Å². The Morgan fingerprint density at radius 3 is 2.82 bits per heavy atom. The van der Waals surface area contributed by atoms with Gasteiger partial charge in [-0.15, -0.1) is 0 Å². The van der Waals surface area contributed by atoms with E-state index in [1.54, 1.807) is 26.3 Å². The van der Waals surface area contributed by atoms with Gasteiger partial charge >= 0.3 is 0 Å². The number of carbonyl (C=O) groups is 1. The Bertz CT molecular complexity index is 714. The number of ether oxygens (including phenoxy) is 2. The van der Waals surface area contributed by atoms with Crippen molar-refractivity contribution in [2.45, 2.75) is 12.5 Å². The predicted octanol–water partition coefficient (Wildman–Crippen LogP) is 2.37. The molecule has 0 radical (unpaired) electrons. The van der Waals surface area contributed by atoms with Crippen LogP contribution in [-0.4, -0.2) is 31.3 Å². The van der Waals surface area contributed by atoms with Crippen molar-refractivity contribution in [1.29, 1.82) is 0 Å². The van der Waals surface area contributed by atoms with Crippen molar-refractivity contribution >= 4 is 11.6 Å². The highest BCUT2D eigenvalue weighted by Crippen LogP contribution is 2.36. The highest BCUT2D eigenvalue weighted by atomic mass is 16.5. The van der Waals surface area contributed by atoms with Gasteiger partial charge in [0.25, 0.3) is 5.91 Å². The van der Waals surface area contributed by atoms with Crippen LogP contribution in [0.5, 0.6) is 17.2 Å². The molecule has 0 aliphatic carbocycles. The maximum Gasteiger partial charge on any atom is 0.268 e. The van der Waals surface area contributed by atoms with Gasteiger partial charge in [0.2, 0.25) is 0 Å². The van der Waals surface area contributed by atoms with Crippen LogP contribution in [-0.2, 0) is 11.2 Å². The molecule has 0 spiro atoms. The second-order valence-electron chi connectivity index (χ2n) is 5.17. The van der Waals surface area contributed by atoms with Crippen LogP contribution in [0, 0.1) is 0 Å². The van der Waals surface area contributed by atoms with E-state index in [-0.39, 0.29) is 11.7 Å². The predicted molar refractivity (Wildman–Crippen MR) is 82.6 cm³/mol. The van der Waals surface area contributed by atoms with Crippen LogP contribution in [0.15, 0.2) is 42.5 Å². The van der Waals surface area contributed by atoms with E-state index < -0.39 is 6.10 Å². The Morgan fingerprint density at radius 1 is 1.27 bits per heavy atom. The molecule has 114 valence electrons. The molecule has 2 aromatic rings. The number of likely N-dealkylation sites (N-methyl/N-ethyl adjacent to an activating group) is 1. The molecule has 1 unspecified atom stereocenters. The molecule has 0 bridgehead atoms. The number of carbonyl (C=O) groups excluding carboxylic acids is 1. The molecule has 0 saturated heterocycles. The quantitative estimate of drug-likeness (QED) is 0.945. The van der Waals surface area contributed by atoms with Crippen molar-refractivity contribution < 1.29 is 19.4 Å². The number of phenols is 1. The van der Waals surface area contributed by atoms with Crippen LogP contribution < -0.4 is 14.4 Å². The first kappa shape index (κ1) is 14.3. The second kappa shape index (κ2) is 5.60. The van der Waals surface area contributed by atoms with Gasteiger partial charge in [0, 0.05) is 19.5 Å². The molecule has 1 amide bonds. The van der Waals surface area contributed by atoms with Gasteiger partial charge in [0.15, 0.2) is 6.10 Å². The molecule has 22 heavy (non-hydrogen) atoms. The summed E-state index contributed by atoms with van der Waals surface area (Å²) in [5, 5.41) is 9.55. The first-order chi connectivity index (χ1) is 10.6. The third-order valence-corrected chi connectivity index (χ3v) is 3.78. The van der Waals surface area contributed by atoms with Crippen molar-refractivity contribution in [2.24, 2.45) is 0 Å². The molecular formula is C17H17NO4. The third kappa shape index (κ3) is 2.45. The standard InChI is InChI=1S/C17H17NO4/c1-18-13-10-12(19)7-8-15(13)22-16(17(18)20)9-11-5-3-4-6-14(11)21-2/h3-8,10,16,19H,9H2,1-2H3. The zero-order valence-corrected chi connectivity index (χ0v) is 12.4. The van der Waals surface area contributed by atoms with Gasteiger partial charge in [-0.1, -0.05) is 18.2 Å². The van der Waals surface area contributed by atoms with Crippen LogP contribution in [0.25, 0.3) is 0 Å². The number of anilines is 1. The fourth-order valence-electron chi connectivity index (χ4n) is 2.61. The van der Waals surface area contributed by atoms with E-state index in [1.165, 1.54) is 11.0 Å². The highest BCUT2D eigenvalue weighted by Gasteiger charge is 2.33. The second-order valence-corrected chi connectivity index (χ2v) is 5.17. The minimum atomic E-state index is -0.613. The summed E-state index contributed by atoms with van der Waals surface area (Å²) in [5.74, 6) is 1.27. The Morgan fingerprint density at radius 2 is 2.05 bits per heavy atom. The monoisotopic (exact) mass is 299 g/mol. The molecule has 0 fully saturated rings. The molecule has 1 aliphatic heterocycles. The number of fused-ring (bicyclic) bond motifs is 1. The number of methoxy groups -OCH3 is 1. The molecule has 0 saturated carbocycles. The summed E-state index contributed by atoms with van der Waals surface area (Å²) in [7, 11) is 3.28.